The Labute approximate surface area is 110 Å². The van der Waals surface area contributed by atoms with E-state index in [0.29, 0.717) is 5.95 Å². The van der Waals surface area contributed by atoms with E-state index in [1.807, 2.05) is 43.3 Å². The van der Waals surface area contributed by atoms with Crippen LogP contribution < -0.4 is 16.0 Å². The monoisotopic (exact) mass is 264 g/mol. The molecule has 0 unspecified atom stereocenters. The zero-order chi connectivity index (χ0) is 13.1. The third kappa shape index (κ3) is 2.98. The van der Waals surface area contributed by atoms with Gasteiger partial charge in [-0.15, -0.1) is 0 Å². The van der Waals surface area contributed by atoms with Crippen LogP contribution in [0.1, 0.15) is 0 Å². The fraction of sp³-hybridized carbons (Fsp3) is 0.182. The lowest BCUT2D eigenvalue weighted by molar-refractivity contribution is 1.07. The van der Waals surface area contributed by atoms with Gasteiger partial charge in [0.15, 0.2) is 0 Å². The number of hydrogen-bond donors (Lipinski definition) is 2. The van der Waals surface area contributed by atoms with Crippen LogP contribution in [0.3, 0.4) is 0 Å². The number of nitrogens with zero attached hydrogens (tertiary/aromatic N) is 4. The summed E-state index contributed by atoms with van der Waals surface area (Å²) in [7, 11) is 3.94. The minimum atomic E-state index is 0.0637. The zero-order valence-corrected chi connectivity index (χ0v) is 10.8. The zero-order valence-electron chi connectivity index (χ0n) is 10.1. The van der Waals surface area contributed by atoms with Gasteiger partial charge in [-0.25, -0.2) is 0 Å². The van der Waals surface area contributed by atoms with E-state index in [1.165, 1.54) is 0 Å². The SMILES string of the molecule is CN(C)c1cccc(Nc2nc(N)nc(Cl)n2)c1. The van der Waals surface area contributed by atoms with Gasteiger partial charge in [0.25, 0.3) is 0 Å². The van der Waals surface area contributed by atoms with Crippen LogP contribution in [0.2, 0.25) is 5.28 Å². The number of nitrogen functional groups attached to an aromatic ring is 1. The fourth-order valence-electron chi connectivity index (χ4n) is 1.41. The molecular formula is C11H13ClN6. The minimum absolute atomic E-state index is 0.0637. The first-order valence-electron chi connectivity index (χ1n) is 5.26. The predicted octanol–water partition coefficient (Wildman–Crippen LogP) is 1.92. The topological polar surface area (TPSA) is 80.0 Å². The second-order valence-corrected chi connectivity index (χ2v) is 4.19. The highest BCUT2D eigenvalue weighted by molar-refractivity contribution is 6.28. The van der Waals surface area contributed by atoms with Crippen LogP contribution in [0.25, 0.3) is 0 Å². The number of aromatic nitrogens is 3. The van der Waals surface area contributed by atoms with Crippen molar-refractivity contribution in [3.63, 3.8) is 0 Å². The van der Waals surface area contributed by atoms with Gasteiger partial charge < -0.3 is 16.0 Å². The van der Waals surface area contributed by atoms with Gasteiger partial charge in [-0.3, -0.25) is 0 Å². The number of hydrogen-bond acceptors (Lipinski definition) is 6. The first kappa shape index (κ1) is 12.4. The lowest BCUT2D eigenvalue weighted by atomic mass is 10.2. The third-order valence-electron chi connectivity index (χ3n) is 2.24. The molecule has 7 heteroatoms. The van der Waals surface area contributed by atoms with Gasteiger partial charge in [-0.1, -0.05) is 6.07 Å². The molecule has 2 rings (SSSR count). The lowest BCUT2D eigenvalue weighted by Crippen LogP contribution is -2.09. The normalized spacial score (nSPS) is 10.2. The Balaban J connectivity index is 2.25. The smallest absolute Gasteiger partial charge is 0.233 e. The first-order valence-corrected chi connectivity index (χ1v) is 5.64. The maximum Gasteiger partial charge on any atom is 0.233 e. The molecule has 1 aromatic heterocycles. The molecule has 0 bridgehead atoms. The van der Waals surface area contributed by atoms with Crippen LogP contribution in [0.15, 0.2) is 24.3 Å². The molecule has 0 spiro atoms. The Bertz CT molecular complexity index is 537. The van der Waals surface area contributed by atoms with Crippen molar-refractivity contribution in [2.45, 2.75) is 0 Å². The van der Waals surface area contributed by atoms with Crippen molar-refractivity contribution in [2.24, 2.45) is 0 Å². The van der Waals surface area contributed by atoms with E-state index in [4.69, 9.17) is 17.3 Å². The Hall–Kier alpha value is -2.08. The van der Waals surface area contributed by atoms with Gasteiger partial charge >= 0.3 is 0 Å². The van der Waals surface area contributed by atoms with Crippen LogP contribution in [-0.2, 0) is 0 Å². The van der Waals surface area contributed by atoms with Gasteiger partial charge in [0, 0.05) is 25.5 Å². The molecular weight excluding hydrogens is 252 g/mol. The quantitative estimate of drug-likeness (QED) is 0.882. The Morgan fingerprint density at radius 2 is 2.00 bits per heavy atom. The van der Waals surface area contributed by atoms with Crippen molar-refractivity contribution in [1.82, 2.24) is 15.0 Å². The minimum Gasteiger partial charge on any atom is -0.378 e. The maximum atomic E-state index is 5.71. The number of benzene rings is 1. The second kappa shape index (κ2) is 5.05. The van der Waals surface area contributed by atoms with E-state index >= 15 is 0 Å². The van der Waals surface area contributed by atoms with E-state index in [1.54, 1.807) is 0 Å². The van der Waals surface area contributed by atoms with Crippen molar-refractivity contribution in [3.05, 3.63) is 29.5 Å². The van der Waals surface area contributed by atoms with Gasteiger partial charge in [0.05, 0.1) is 0 Å². The highest BCUT2D eigenvalue weighted by Crippen LogP contribution is 2.20. The van der Waals surface area contributed by atoms with Gasteiger partial charge in [0.2, 0.25) is 17.2 Å². The molecule has 0 aliphatic carbocycles. The summed E-state index contributed by atoms with van der Waals surface area (Å²) < 4.78 is 0. The third-order valence-corrected chi connectivity index (χ3v) is 2.41. The number of halogens is 1. The van der Waals surface area contributed by atoms with Crippen molar-refractivity contribution < 1.29 is 0 Å². The molecule has 0 atom stereocenters. The number of rotatable bonds is 3. The summed E-state index contributed by atoms with van der Waals surface area (Å²) in [5.41, 5.74) is 7.41. The molecule has 0 aliphatic heterocycles. The Kier molecular flexibility index (Phi) is 3.47. The molecule has 0 amide bonds. The number of nitrogens with one attached hydrogen (secondary N) is 1. The lowest BCUT2D eigenvalue weighted by Gasteiger charge is -2.13. The van der Waals surface area contributed by atoms with E-state index in [2.05, 4.69) is 20.3 Å². The molecule has 3 N–H and O–H groups in total. The van der Waals surface area contributed by atoms with E-state index in [0.717, 1.165) is 11.4 Å². The van der Waals surface area contributed by atoms with E-state index in [9.17, 15) is 0 Å². The maximum absolute atomic E-state index is 5.71. The molecule has 0 fully saturated rings. The summed E-state index contributed by atoms with van der Waals surface area (Å²) in [6.45, 7) is 0. The van der Waals surface area contributed by atoms with Crippen LogP contribution in [0.5, 0.6) is 0 Å². The molecule has 0 radical (unpaired) electrons. The summed E-state index contributed by atoms with van der Waals surface area (Å²) in [6, 6.07) is 7.80. The standard InChI is InChI=1S/C11H13ClN6/c1-18(2)8-5-3-4-7(6-8)14-11-16-9(12)15-10(13)17-11/h3-6H,1-2H3,(H3,13,14,15,16,17). The van der Waals surface area contributed by atoms with Crippen molar-refractivity contribution in [2.75, 3.05) is 30.0 Å². The van der Waals surface area contributed by atoms with Crippen LogP contribution >= 0.6 is 11.6 Å². The Morgan fingerprint density at radius 3 is 2.67 bits per heavy atom. The fourth-order valence-corrected chi connectivity index (χ4v) is 1.58. The molecule has 18 heavy (non-hydrogen) atoms. The average Bonchev–Trinajstić information content (AvgIpc) is 2.27. The highest BCUT2D eigenvalue weighted by atomic mass is 35.5. The second-order valence-electron chi connectivity index (χ2n) is 3.86. The summed E-state index contributed by atoms with van der Waals surface area (Å²) in [6.07, 6.45) is 0. The molecule has 6 nitrogen and oxygen atoms in total. The molecule has 94 valence electrons. The largest absolute Gasteiger partial charge is 0.378 e. The summed E-state index contributed by atoms with van der Waals surface area (Å²) in [5.74, 6) is 0.407. The van der Waals surface area contributed by atoms with Crippen molar-refractivity contribution >= 4 is 34.9 Å². The average molecular weight is 265 g/mol. The molecule has 1 heterocycles. The van der Waals surface area contributed by atoms with Crippen molar-refractivity contribution in [3.8, 4) is 0 Å². The van der Waals surface area contributed by atoms with Crippen LogP contribution in [-0.4, -0.2) is 29.0 Å². The summed E-state index contributed by atoms with van der Waals surface area (Å²) in [4.78, 5) is 13.6. The molecule has 0 saturated carbocycles. The predicted molar refractivity (Wildman–Crippen MR) is 73.3 cm³/mol. The van der Waals surface area contributed by atoms with Crippen LogP contribution in [0, 0.1) is 0 Å². The van der Waals surface area contributed by atoms with E-state index < -0.39 is 0 Å². The van der Waals surface area contributed by atoms with Gasteiger partial charge in [-0.05, 0) is 29.8 Å². The number of anilines is 4. The molecule has 1 aromatic carbocycles. The van der Waals surface area contributed by atoms with Crippen LogP contribution in [0.4, 0.5) is 23.3 Å². The molecule has 0 saturated heterocycles. The highest BCUT2D eigenvalue weighted by Gasteiger charge is 2.03. The molecule has 2 aromatic rings. The molecule has 0 aliphatic rings. The first-order chi connectivity index (χ1) is 8.54. The summed E-state index contributed by atoms with van der Waals surface area (Å²) >= 11 is 5.71. The van der Waals surface area contributed by atoms with E-state index in [-0.39, 0.29) is 11.2 Å². The Morgan fingerprint density at radius 1 is 1.22 bits per heavy atom. The van der Waals surface area contributed by atoms with Gasteiger partial charge in [-0.2, -0.15) is 15.0 Å². The van der Waals surface area contributed by atoms with Crippen molar-refractivity contribution in [1.29, 1.82) is 0 Å². The number of nitrogens with two attached hydrogens (primary N) is 1. The summed E-state index contributed by atoms with van der Waals surface area (Å²) in [5, 5.41) is 3.09. The van der Waals surface area contributed by atoms with Gasteiger partial charge in [0.1, 0.15) is 0 Å².